The first kappa shape index (κ1) is 17.4. The van der Waals surface area contributed by atoms with Crippen molar-refractivity contribution >= 4 is 5.97 Å². The molecule has 0 aliphatic carbocycles. The maximum atomic E-state index is 11.3. The van der Waals surface area contributed by atoms with Gasteiger partial charge in [-0.2, -0.15) is 0 Å². The molecule has 118 valence electrons. The van der Waals surface area contributed by atoms with Crippen LogP contribution >= 0.6 is 0 Å². The molecule has 1 unspecified atom stereocenters. The van der Waals surface area contributed by atoms with Crippen molar-refractivity contribution in [3.63, 3.8) is 0 Å². The third-order valence-corrected chi connectivity index (χ3v) is 4.59. The second-order valence-electron chi connectivity index (χ2n) is 6.34. The number of likely N-dealkylation sites (N-methyl/N-ethyl adjacent to an activating group) is 1. The number of hydrogen-bond acceptors (Lipinski definition) is 3. The number of piperidine rings is 1. The average Bonchev–Trinajstić information content (AvgIpc) is 2.41. The zero-order valence-electron chi connectivity index (χ0n) is 13.5. The van der Waals surface area contributed by atoms with E-state index >= 15 is 0 Å². The molecule has 0 bridgehead atoms. The Hall–Kier alpha value is -0.610. The summed E-state index contributed by atoms with van der Waals surface area (Å²) in [4.78, 5) is 13.8. The Balaban J connectivity index is 2.25. The first-order valence-electron chi connectivity index (χ1n) is 8.22. The number of aliphatic carboxylic acids is 1. The monoisotopic (exact) mass is 284 g/mol. The molecule has 20 heavy (non-hydrogen) atoms. The van der Waals surface area contributed by atoms with Crippen LogP contribution in [-0.2, 0) is 4.79 Å². The topological polar surface area (TPSA) is 52.6 Å². The molecule has 0 spiro atoms. The second kappa shape index (κ2) is 8.63. The minimum atomic E-state index is -0.769. The molecule has 2 N–H and O–H groups in total. The summed E-state index contributed by atoms with van der Waals surface area (Å²) in [7, 11) is 0. The van der Waals surface area contributed by atoms with E-state index in [1.165, 1.54) is 38.8 Å². The van der Waals surface area contributed by atoms with Crippen LogP contribution in [0, 0.1) is 5.92 Å². The predicted molar refractivity (Wildman–Crippen MR) is 83.0 cm³/mol. The number of carbonyl (C=O) groups is 1. The highest BCUT2D eigenvalue weighted by Crippen LogP contribution is 2.22. The molecule has 0 saturated carbocycles. The smallest absolute Gasteiger partial charge is 0.323 e. The Morgan fingerprint density at radius 3 is 2.50 bits per heavy atom. The molecule has 1 aliphatic rings. The molecule has 1 atom stereocenters. The van der Waals surface area contributed by atoms with Crippen LogP contribution in [0.1, 0.15) is 59.3 Å². The van der Waals surface area contributed by atoms with Gasteiger partial charge in [0.1, 0.15) is 5.54 Å². The Bertz CT molecular complexity index is 288. The third kappa shape index (κ3) is 5.41. The van der Waals surface area contributed by atoms with E-state index in [-0.39, 0.29) is 0 Å². The van der Waals surface area contributed by atoms with E-state index in [0.717, 1.165) is 18.9 Å². The molecule has 1 saturated heterocycles. The molecule has 0 aromatic rings. The highest BCUT2D eigenvalue weighted by Gasteiger charge is 2.31. The molecular weight excluding hydrogens is 252 g/mol. The van der Waals surface area contributed by atoms with E-state index in [0.29, 0.717) is 13.0 Å². The summed E-state index contributed by atoms with van der Waals surface area (Å²) in [6, 6.07) is 0. The highest BCUT2D eigenvalue weighted by molar-refractivity contribution is 5.78. The number of hydrogen-bond donors (Lipinski definition) is 2. The Morgan fingerprint density at radius 1 is 1.35 bits per heavy atom. The van der Waals surface area contributed by atoms with E-state index < -0.39 is 11.5 Å². The van der Waals surface area contributed by atoms with E-state index in [1.54, 1.807) is 6.92 Å². The van der Waals surface area contributed by atoms with E-state index in [2.05, 4.69) is 17.1 Å². The Kier molecular flexibility index (Phi) is 7.52. The van der Waals surface area contributed by atoms with Gasteiger partial charge in [0, 0.05) is 0 Å². The standard InChI is InChI=1S/C16H32N2O2/c1-4-7-14-8-12-18(13-9-14)11-6-10-16(3,15(19)20)17-5-2/h14,17H,4-13H2,1-3H3,(H,19,20). The summed E-state index contributed by atoms with van der Waals surface area (Å²) >= 11 is 0. The number of carboxylic acids is 1. The minimum Gasteiger partial charge on any atom is -0.480 e. The first-order chi connectivity index (χ1) is 9.51. The molecule has 1 rings (SSSR count). The molecule has 1 aliphatic heterocycles. The van der Waals surface area contributed by atoms with E-state index in [1.807, 2.05) is 6.92 Å². The lowest BCUT2D eigenvalue weighted by Gasteiger charge is -2.33. The summed E-state index contributed by atoms with van der Waals surface area (Å²) in [6.07, 6.45) is 6.95. The van der Waals surface area contributed by atoms with Gasteiger partial charge in [0.25, 0.3) is 0 Å². The number of rotatable bonds is 9. The van der Waals surface area contributed by atoms with Gasteiger partial charge in [-0.05, 0) is 64.7 Å². The summed E-state index contributed by atoms with van der Waals surface area (Å²) in [6.45, 7) is 10.1. The van der Waals surface area contributed by atoms with Crippen molar-refractivity contribution < 1.29 is 9.90 Å². The molecule has 1 heterocycles. The fraction of sp³-hybridized carbons (Fsp3) is 0.938. The van der Waals surface area contributed by atoms with Gasteiger partial charge >= 0.3 is 5.97 Å². The van der Waals surface area contributed by atoms with Crippen LogP contribution in [0.5, 0.6) is 0 Å². The fourth-order valence-electron chi connectivity index (χ4n) is 3.22. The van der Waals surface area contributed by atoms with E-state index in [4.69, 9.17) is 0 Å². The molecule has 4 heteroatoms. The van der Waals surface area contributed by atoms with Gasteiger partial charge in [0.2, 0.25) is 0 Å². The van der Waals surface area contributed by atoms with Crippen LogP contribution < -0.4 is 5.32 Å². The van der Waals surface area contributed by atoms with Gasteiger partial charge in [0.05, 0.1) is 0 Å². The van der Waals surface area contributed by atoms with Gasteiger partial charge in [-0.1, -0.05) is 26.7 Å². The lowest BCUT2D eigenvalue weighted by Crippen LogP contribution is -2.49. The number of nitrogens with zero attached hydrogens (tertiary/aromatic N) is 1. The SMILES string of the molecule is CCCC1CCN(CCCC(C)(NCC)C(=O)O)CC1. The van der Waals surface area contributed by atoms with Crippen LogP contribution in [0.3, 0.4) is 0 Å². The maximum Gasteiger partial charge on any atom is 0.323 e. The van der Waals surface area contributed by atoms with Crippen molar-refractivity contribution in [1.82, 2.24) is 10.2 Å². The summed E-state index contributed by atoms with van der Waals surface area (Å²) < 4.78 is 0. The van der Waals surface area contributed by atoms with Crippen molar-refractivity contribution in [3.8, 4) is 0 Å². The summed E-state index contributed by atoms with van der Waals surface area (Å²) in [5, 5.41) is 12.4. The van der Waals surface area contributed by atoms with Gasteiger partial charge in [-0.25, -0.2) is 0 Å². The van der Waals surface area contributed by atoms with Gasteiger partial charge < -0.3 is 15.3 Å². The summed E-state index contributed by atoms with van der Waals surface area (Å²) in [5.74, 6) is 0.184. The van der Waals surface area contributed by atoms with Gasteiger partial charge in [-0.15, -0.1) is 0 Å². The van der Waals surface area contributed by atoms with Crippen molar-refractivity contribution in [2.45, 2.75) is 64.8 Å². The van der Waals surface area contributed by atoms with Crippen molar-refractivity contribution in [2.24, 2.45) is 5.92 Å². The van der Waals surface area contributed by atoms with Crippen molar-refractivity contribution in [1.29, 1.82) is 0 Å². The highest BCUT2D eigenvalue weighted by atomic mass is 16.4. The lowest BCUT2D eigenvalue weighted by atomic mass is 9.91. The van der Waals surface area contributed by atoms with Crippen LogP contribution in [-0.4, -0.2) is 47.7 Å². The molecule has 0 amide bonds. The Morgan fingerprint density at radius 2 is 2.00 bits per heavy atom. The van der Waals surface area contributed by atoms with E-state index in [9.17, 15) is 9.90 Å². The molecule has 0 aromatic carbocycles. The molecule has 1 fully saturated rings. The zero-order chi connectivity index (χ0) is 15.0. The fourth-order valence-corrected chi connectivity index (χ4v) is 3.22. The van der Waals surface area contributed by atoms with Crippen LogP contribution in [0.15, 0.2) is 0 Å². The summed E-state index contributed by atoms with van der Waals surface area (Å²) in [5.41, 5.74) is -0.769. The van der Waals surface area contributed by atoms with Crippen LogP contribution in [0.4, 0.5) is 0 Å². The largest absolute Gasteiger partial charge is 0.480 e. The number of nitrogens with one attached hydrogen (secondary N) is 1. The maximum absolute atomic E-state index is 11.3. The quantitative estimate of drug-likeness (QED) is 0.683. The second-order valence-corrected chi connectivity index (χ2v) is 6.34. The number of likely N-dealkylation sites (tertiary alicyclic amines) is 1. The van der Waals surface area contributed by atoms with Gasteiger partial charge in [0.15, 0.2) is 0 Å². The molecule has 0 radical (unpaired) electrons. The molecule has 0 aromatic heterocycles. The molecule has 4 nitrogen and oxygen atoms in total. The zero-order valence-corrected chi connectivity index (χ0v) is 13.5. The number of carboxylic acid groups (broad SMARTS) is 1. The molecular formula is C16H32N2O2. The minimum absolute atomic E-state index is 0.699. The normalized spacial score (nSPS) is 20.8. The first-order valence-corrected chi connectivity index (χ1v) is 8.22. The predicted octanol–water partition coefficient (Wildman–Crippen LogP) is 2.73. The lowest BCUT2D eigenvalue weighted by molar-refractivity contribution is -0.144. The Labute approximate surface area is 123 Å². The van der Waals surface area contributed by atoms with Crippen molar-refractivity contribution in [3.05, 3.63) is 0 Å². The average molecular weight is 284 g/mol. The van der Waals surface area contributed by atoms with Crippen LogP contribution in [0.25, 0.3) is 0 Å². The van der Waals surface area contributed by atoms with Crippen LogP contribution in [0.2, 0.25) is 0 Å². The van der Waals surface area contributed by atoms with Crippen molar-refractivity contribution in [2.75, 3.05) is 26.2 Å². The third-order valence-electron chi connectivity index (χ3n) is 4.59. The van der Waals surface area contributed by atoms with Gasteiger partial charge in [-0.3, -0.25) is 4.79 Å².